The van der Waals surface area contributed by atoms with Crippen LogP contribution in [-0.2, 0) is 5.60 Å². The van der Waals surface area contributed by atoms with Crippen LogP contribution in [0.1, 0.15) is 43.2 Å². The molecule has 22 heavy (non-hydrogen) atoms. The van der Waals surface area contributed by atoms with Crippen molar-refractivity contribution in [2.75, 3.05) is 19.6 Å². The molecular weight excluding hydrogens is 378 g/mol. The maximum Gasteiger partial charge on any atom is 0.117 e. The fourth-order valence-electron chi connectivity index (χ4n) is 3.13. The highest BCUT2D eigenvalue weighted by molar-refractivity contribution is 8.93. The zero-order valence-electron chi connectivity index (χ0n) is 12.7. The Hall–Kier alpha value is -0.200. The van der Waals surface area contributed by atoms with Crippen LogP contribution in [0.4, 0.5) is 0 Å². The minimum atomic E-state index is -0.827. The summed E-state index contributed by atoms with van der Waals surface area (Å²) in [4.78, 5) is 2.52. The predicted octanol–water partition coefficient (Wildman–Crippen LogP) is 4.89. The van der Waals surface area contributed by atoms with Crippen LogP contribution in [0.3, 0.4) is 0 Å². The zero-order valence-corrected chi connectivity index (χ0v) is 16.1. The summed E-state index contributed by atoms with van der Waals surface area (Å²) in [5, 5.41) is 19.6. The van der Waals surface area contributed by atoms with E-state index in [4.69, 9.17) is 0 Å². The molecule has 0 atom stereocenters. The Morgan fingerprint density at radius 1 is 0.955 bits per heavy atom. The molecule has 0 bridgehead atoms. The van der Waals surface area contributed by atoms with Crippen LogP contribution >= 0.6 is 39.7 Å². The molecule has 1 aliphatic heterocycles. The lowest BCUT2D eigenvalue weighted by Crippen LogP contribution is -2.34. The molecule has 122 valence electrons. The van der Waals surface area contributed by atoms with E-state index in [1.165, 1.54) is 38.8 Å². The van der Waals surface area contributed by atoms with E-state index >= 15 is 0 Å². The Morgan fingerprint density at radius 3 is 1.95 bits per heavy atom. The molecule has 0 unspecified atom stereocenters. The summed E-state index contributed by atoms with van der Waals surface area (Å²) in [5.74, 6) is 0. The van der Waals surface area contributed by atoms with Gasteiger partial charge in [-0.25, -0.2) is 0 Å². The second kappa shape index (κ2) is 8.60. The molecule has 2 aromatic rings. The Labute approximate surface area is 151 Å². The number of rotatable bonds is 5. The zero-order chi connectivity index (χ0) is 14.5. The smallest absolute Gasteiger partial charge is 0.117 e. The van der Waals surface area contributed by atoms with E-state index in [0.717, 1.165) is 24.1 Å². The second-order valence-corrected chi connectivity index (χ2v) is 7.45. The van der Waals surface area contributed by atoms with Crippen LogP contribution in [0.25, 0.3) is 0 Å². The van der Waals surface area contributed by atoms with Crippen molar-refractivity contribution in [1.82, 2.24) is 4.90 Å². The molecule has 0 spiro atoms. The third kappa shape index (κ3) is 4.20. The van der Waals surface area contributed by atoms with Crippen LogP contribution in [-0.4, -0.2) is 29.6 Å². The molecule has 1 aliphatic rings. The van der Waals surface area contributed by atoms with Gasteiger partial charge in [-0.1, -0.05) is 12.8 Å². The van der Waals surface area contributed by atoms with Crippen molar-refractivity contribution in [2.24, 2.45) is 0 Å². The van der Waals surface area contributed by atoms with Crippen LogP contribution in [0.15, 0.2) is 33.7 Å². The first kappa shape index (κ1) is 18.1. The first-order valence-electron chi connectivity index (χ1n) is 7.79. The molecule has 1 fully saturated rings. The van der Waals surface area contributed by atoms with Crippen LogP contribution in [0, 0.1) is 0 Å². The molecule has 5 heteroatoms. The topological polar surface area (TPSA) is 23.5 Å². The van der Waals surface area contributed by atoms with E-state index in [-0.39, 0.29) is 17.0 Å². The van der Waals surface area contributed by atoms with E-state index in [1.54, 1.807) is 22.7 Å². The van der Waals surface area contributed by atoms with Crippen LogP contribution in [0.2, 0.25) is 0 Å². The van der Waals surface area contributed by atoms with Crippen molar-refractivity contribution < 1.29 is 5.11 Å². The summed E-state index contributed by atoms with van der Waals surface area (Å²) in [5.41, 5.74) is 1.26. The van der Waals surface area contributed by atoms with Gasteiger partial charge >= 0.3 is 0 Å². The molecule has 0 amide bonds. The van der Waals surface area contributed by atoms with E-state index in [9.17, 15) is 5.11 Å². The minimum Gasteiger partial charge on any atom is -0.380 e. The fraction of sp³-hybridized carbons (Fsp3) is 0.529. The lowest BCUT2D eigenvalue weighted by molar-refractivity contribution is 0.0585. The SMILES string of the molecule is Br.OC(CCN1CCCCCC1)(c1ccsc1)c1ccsc1. The van der Waals surface area contributed by atoms with Gasteiger partial charge in [0.1, 0.15) is 5.60 Å². The Morgan fingerprint density at radius 2 is 1.50 bits per heavy atom. The molecule has 0 aliphatic carbocycles. The average molecular weight is 402 g/mol. The van der Waals surface area contributed by atoms with Gasteiger partial charge in [-0.15, -0.1) is 17.0 Å². The van der Waals surface area contributed by atoms with E-state index < -0.39 is 5.60 Å². The van der Waals surface area contributed by atoms with Crippen LogP contribution in [0.5, 0.6) is 0 Å². The molecule has 3 rings (SSSR count). The van der Waals surface area contributed by atoms with Crippen molar-refractivity contribution >= 4 is 39.7 Å². The number of thiophene rings is 2. The van der Waals surface area contributed by atoms with Gasteiger partial charge in [0.25, 0.3) is 0 Å². The summed E-state index contributed by atoms with van der Waals surface area (Å²) in [6, 6.07) is 4.12. The third-order valence-corrected chi connectivity index (χ3v) is 5.85. The van der Waals surface area contributed by atoms with Gasteiger partial charge in [-0.05, 0) is 77.1 Å². The molecule has 0 aromatic carbocycles. The molecule has 1 N–H and O–H groups in total. The van der Waals surface area contributed by atoms with Crippen molar-refractivity contribution in [3.05, 3.63) is 44.8 Å². The first-order valence-corrected chi connectivity index (χ1v) is 9.68. The summed E-state index contributed by atoms with van der Waals surface area (Å²) in [7, 11) is 0. The Kier molecular flexibility index (Phi) is 7.09. The van der Waals surface area contributed by atoms with Crippen molar-refractivity contribution in [1.29, 1.82) is 0 Å². The average Bonchev–Trinajstić information content (AvgIpc) is 3.16. The normalized spacial score (nSPS) is 17.0. The molecule has 2 nitrogen and oxygen atoms in total. The quantitative estimate of drug-likeness (QED) is 0.770. The predicted molar refractivity (Wildman–Crippen MR) is 101 cm³/mol. The highest BCUT2D eigenvalue weighted by Crippen LogP contribution is 2.35. The number of likely N-dealkylation sites (tertiary alicyclic amines) is 1. The van der Waals surface area contributed by atoms with Gasteiger partial charge in [-0.2, -0.15) is 22.7 Å². The van der Waals surface area contributed by atoms with Gasteiger partial charge in [0, 0.05) is 6.54 Å². The van der Waals surface area contributed by atoms with E-state index in [2.05, 4.69) is 38.6 Å². The van der Waals surface area contributed by atoms with E-state index in [1.807, 2.05) is 0 Å². The van der Waals surface area contributed by atoms with Gasteiger partial charge in [0.2, 0.25) is 0 Å². The summed E-state index contributed by atoms with van der Waals surface area (Å²) in [6.45, 7) is 3.34. The van der Waals surface area contributed by atoms with Gasteiger partial charge in [-0.3, -0.25) is 0 Å². The van der Waals surface area contributed by atoms with Crippen LogP contribution < -0.4 is 0 Å². The van der Waals surface area contributed by atoms with Gasteiger partial charge < -0.3 is 10.0 Å². The van der Waals surface area contributed by atoms with Crippen molar-refractivity contribution in [2.45, 2.75) is 37.7 Å². The highest BCUT2D eigenvalue weighted by Gasteiger charge is 2.32. The van der Waals surface area contributed by atoms with E-state index in [0.29, 0.717) is 0 Å². The van der Waals surface area contributed by atoms with Crippen molar-refractivity contribution in [3.8, 4) is 0 Å². The lowest BCUT2D eigenvalue weighted by atomic mass is 9.86. The lowest BCUT2D eigenvalue weighted by Gasteiger charge is -2.30. The fourth-order valence-corrected chi connectivity index (χ4v) is 4.58. The maximum atomic E-state index is 11.3. The summed E-state index contributed by atoms with van der Waals surface area (Å²) in [6.07, 6.45) is 6.09. The Balaban J connectivity index is 0.00000176. The number of halogens is 1. The highest BCUT2D eigenvalue weighted by atomic mass is 79.9. The largest absolute Gasteiger partial charge is 0.380 e. The molecule has 1 saturated heterocycles. The first-order chi connectivity index (χ1) is 10.3. The minimum absolute atomic E-state index is 0. The summed E-state index contributed by atoms with van der Waals surface area (Å²) < 4.78 is 0. The summed E-state index contributed by atoms with van der Waals surface area (Å²) >= 11 is 3.32. The number of nitrogens with zero attached hydrogens (tertiary/aromatic N) is 1. The third-order valence-electron chi connectivity index (χ3n) is 4.49. The monoisotopic (exact) mass is 401 g/mol. The second-order valence-electron chi connectivity index (χ2n) is 5.89. The Bertz CT molecular complexity index is 485. The van der Waals surface area contributed by atoms with Gasteiger partial charge in [0.15, 0.2) is 0 Å². The molecule has 3 heterocycles. The number of hydrogen-bond donors (Lipinski definition) is 1. The number of aliphatic hydroxyl groups is 1. The molecule has 2 aromatic heterocycles. The maximum absolute atomic E-state index is 11.3. The number of hydrogen-bond acceptors (Lipinski definition) is 4. The van der Waals surface area contributed by atoms with Crippen molar-refractivity contribution in [3.63, 3.8) is 0 Å². The standard InChI is InChI=1S/C17H23NOS2.BrH/c19-17(15-5-11-20-13-15,16-6-12-21-14-16)7-10-18-8-3-1-2-4-9-18;/h5-6,11-14,19H,1-4,7-10H2;1H. The van der Waals surface area contributed by atoms with Gasteiger partial charge in [0.05, 0.1) is 0 Å². The molecule has 0 radical (unpaired) electrons. The molecule has 0 saturated carbocycles. The molecular formula is C17H24BrNOS2.